The fourth-order valence-electron chi connectivity index (χ4n) is 1.04. The van der Waals surface area contributed by atoms with Gasteiger partial charge < -0.3 is 9.84 Å². The number of rotatable bonds is 3. The van der Waals surface area contributed by atoms with Crippen molar-refractivity contribution in [3.63, 3.8) is 0 Å². The number of hydrogen-bond acceptors (Lipinski definition) is 3. The van der Waals surface area contributed by atoms with Crippen molar-refractivity contribution >= 4 is 5.69 Å². The highest BCUT2D eigenvalue weighted by molar-refractivity contribution is 5.43. The number of aryl methyl sites for hydroxylation is 1. The molecule has 11 heavy (non-hydrogen) atoms. The van der Waals surface area contributed by atoms with Crippen LogP contribution in [0.1, 0.15) is 18.6 Å². The molecule has 1 aliphatic carbocycles. The van der Waals surface area contributed by atoms with Crippen molar-refractivity contribution < 1.29 is 4.52 Å². The van der Waals surface area contributed by atoms with Gasteiger partial charge in [0.15, 0.2) is 5.76 Å². The number of aromatic nitrogens is 1. The lowest BCUT2D eigenvalue weighted by Crippen LogP contribution is -2.02. The van der Waals surface area contributed by atoms with Crippen molar-refractivity contribution in [1.82, 2.24) is 5.16 Å². The summed E-state index contributed by atoms with van der Waals surface area (Å²) in [5.41, 5.74) is 1.04. The largest absolute Gasteiger partial charge is 0.381 e. The molecular formula is C8H12N2O. The number of nitrogens with one attached hydrogen (secondary N) is 1. The van der Waals surface area contributed by atoms with E-state index < -0.39 is 0 Å². The molecule has 0 bridgehead atoms. The number of anilines is 1. The third kappa shape index (κ3) is 1.53. The molecule has 1 saturated carbocycles. The molecule has 0 radical (unpaired) electrons. The lowest BCUT2D eigenvalue weighted by molar-refractivity contribution is 0.398. The van der Waals surface area contributed by atoms with Crippen molar-refractivity contribution in [2.75, 3.05) is 11.9 Å². The van der Waals surface area contributed by atoms with Gasteiger partial charge in [-0.3, -0.25) is 0 Å². The quantitative estimate of drug-likeness (QED) is 0.717. The van der Waals surface area contributed by atoms with E-state index in [9.17, 15) is 0 Å². The van der Waals surface area contributed by atoms with E-state index in [1.807, 2.05) is 6.92 Å². The van der Waals surface area contributed by atoms with Gasteiger partial charge in [0.1, 0.15) is 0 Å². The second-order valence-corrected chi connectivity index (χ2v) is 3.12. The molecule has 0 saturated heterocycles. The van der Waals surface area contributed by atoms with E-state index in [-0.39, 0.29) is 0 Å². The van der Waals surface area contributed by atoms with Crippen molar-refractivity contribution in [1.29, 1.82) is 0 Å². The first kappa shape index (κ1) is 6.70. The van der Waals surface area contributed by atoms with Gasteiger partial charge in [0, 0.05) is 6.54 Å². The fourth-order valence-corrected chi connectivity index (χ4v) is 1.04. The van der Waals surface area contributed by atoms with Gasteiger partial charge in [-0.05, 0) is 25.7 Å². The van der Waals surface area contributed by atoms with Crippen molar-refractivity contribution in [2.45, 2.75) is 19.8 Å². The first-order chi connectivity index (χ1) is 5.36. The highest BCUT2D eigenvalue weighted by Gasteiger charge is 2.21. The summed E-state index contributed by atoms with van der Waals surface area (Å²) in [5.74, 6) is 1.77. The van der Waals surface area contributed by atoms with Crippen LogP contribution in [-0.2, 0) is 0 Å². The smallest absolute Gasteiger partial charge is 0.156 e. The van der Waals surface area contributed by atoms with E-state index in [2.05, 4.69) is 10.5 Å². The van der Waals surface area contributed by atoms with Crippen LogP contribution in [0.15, 0.2) is 10.7 Å². The van der Waals surface area contributed by atoms with Crippen LogP contribution >= 0.6 is 0 Å². The lowest BCUT2D eigenvalue weighted by atomic mass is 10.3. The van der Waals surface area contributed by atoms with Crippen LogP contribution in [0.3, 0.4) is 0 Å². The molecule has 60 valence electrons. The molecule has 3 nitrogen and oxygen atoms in total. The Morgan fingerprint density at radius 1 is 1.73 bits per heavy atom. The zero-order valence-electron chi connectivity index (χ0n) is 6.63. The summed E-state index contributed by atoms with van der Waals surface area (Å²) in [7, 11) is 0. The second kappa shape index (κ2) is 2.57. The van der Waals surface area contributed by atoms with E-state index in [1.54, 1.807) is 6.20 Å². The molecule has 0 atom stereocenters. The van der Waals surface area contributed by atoms with Gasteiger partial charge in [-0.25, -0.2) is 0 Å². The summed E-state index contributed by atoms with van der Waals surface area (Å²) in [6.07, 6.45) is 4.48. The van der Waals surface area contributed by atoms with Crippen LogP contribution in [0.25, 0.3) is 0 Å². The van der Waals surface area contributed by atoms with Crippen LogP contribution in [-0.4, -0.2) is 11.7 Å². The highest BCUT2D eigenvalue weighted by Crippen LogP contribution is 2.29. The van der Waals surface area contributed by atoms with Crippen LogP contribution in [0, 0.1) is 12.8 Å². The first-order valence-electron chi connectivity index (χ1n) is 4.01. The van der Waals surface area contributed by atoms with E-state index in [0.717, 1.165) is 23.9 Å². The van der Waals surface area contributed by atoms with Crippen molar-refractivity contribution in [3.8, 4) is 0 Å². The van der Waals surface area contributed by atoms with E-state index in [4.69, 9.17) is 4.52 Å². The van der Waals surface area contributed by atoms with Gasteiger partial charge in [-0.1, -0.05) is 5.16 Å². The van der Waals surface area contributed by atoms with E-state index in [0.29, 0.717) is 0 Å². The molecule has 1 aromatic heterocycles. The van der Waals surface area contributed by atoms with Gasteiger partial charge in [-0.15, -0.1) is 0 Å². The molecule has 2 rings (SSSR count). The average Bonchev–Trinajstić information content (AvgIpc) is 2.73. The maximum atomic E-state index is 4.90. The lowest BCUT2D eigenvalue weighted by Gasteiger charge is -1.99. The second-order valence-electron chi connectivity index (χ2n) is 3.12. The molecule has 0 unspecified atom stereocenters. The molecule has 1 heterocycles. The normalized spacial score (nSPS) is 16.8. The Labute approximate surface area is 65.8 Å². The third-order valence-electron chi connectivity index (χ3n) is 2.03. The minimum Gasteiger partial charge on any atom is -0.381 e. The molecule has 1 N–H and O–H groups in total. The van der Waals surface area contributed by atoms with Crippen LogP contribution in [0.4, 0.5) is 5.69 Å². The zero-order valence-corrected chi connectivity index (χ0v) is 6.63. The van der Waals surface area contributed by atoms with Crippen molar-refractivity contribution in [2.24, 2.45) is 5.92 Å². The number of hydrogen-bond donors (Lipinski definition) is 1. The fraction of sp³-hybridized carbons (Fsp3) is 0.625. The topological polar surface area (TPSA) is 38.1 Å². The maximum absolute atomic E-state index is 4.90. The average molecular weight is 152 g/mol. The molecule has 0 spiro atoms. The Hall–Kier alpha value is -0.990. The Balaban J connectivity index is 1.89. The Morgan fingerprint density at radius 3 is 3.09 bits per heavy atom. The highest BCUT2D eigenvalue weighted by atomic mass is 16.5. The minimum absolute atomic E-state index is 0.880. The molecule has 0 aliphatic heterocycles. The van der Waals surface area contributed by atoms with Gasteiger partial charge >= 0.3 is 0 Å². The van der Waals surface area contributed by atoms with Crippen molar-refractivity contribution in [3.05, 3.63) is 12.0 Å². The Bertz CT molecular complexity index is 240. The molecule has 0 aromatic carbocycles. The molecule has 3 heteroatoms. The Kier molecular flexibility index (Phi) is 1.56. The molecule has 1 aliphatic rings. The molecule has 1 aromatic rings. The molecular weight excluding hydrogens is 140 g/mol. The molecule has 0 amide bonds. The predicted octanol–water partition coefficient (Wildman–Crippen LogP) is 1.80. The van der Waals surface area contributed by atoms with Crippen LogP contribution in [0.2, 0.25) is 0 Å². The first-order valence-corrected chi connectivity index (χ1v) is 4.01. The summed E-state index contributed by atoms with van der Waals surface area (Å²) < 4.78 is 4.90. The van der Waals surface area contributed by atoms with Crippen LogP contribution in [0.5, 0.6) is 0 Å². The van der Waals surface area contributed by atoms with Gasteiger partial charge in [0.2, 0.25) is 0 Å². The minimum atomic E-state index is 0.880. The predicted molar refractivity (Wildman–Crippen MR) is 42.5 cm³/mol. The zero-order chi connectivity index (χ0) is 7.68. The summed E-state index contributed by atoms with van der Waals surface area (Å²) in [6.45, 7) is 2.99. The summed E-state index contributed by atoms with van der Waals surface area (Å²) in [4.78, 5) is 0. The third-order valence-corrected chi connectivity index (χ3v) is 2.03. The monoisotopic (exact) mass is 152 g/mol. The molecule has 1 fully saturated rings. The summed E-state index contributed by atoms with van der Waals surface area (Å²) in [5, 5.41) is 6.98. The van der Waals surface area contributed by atoms with Gasteiger partial charge in [-0.2, -0.15) is 0 Å². The standard InChI is InChI=1S/C8H12N2O/c1-6-8(5-10-11-6)9-4-7-2-3-7/h5,7,9H,2-4H2,1H3. The number of nitrogens with zero attached hydrogens (tertiary/aromatic N) is 1. The van der Waals surface area contributed by atoms with Gasteiger partial charge in [0.25, 0.3) is 0 Å². The van der Waals surface area contributed by atoms with E-state index >= 15 is 0 Å². The van der Waals surface area contributed by atoms with Crippen LogP contribution < -0.4 is 5.32 Å². The summed E-state index contributed by atoms with van der Waals surface area (Å²) >= 11 is 0. The SMILES string of the molecule is Cc1oncc1NCC1CC1. The summed E-state index contributed by atoms with van der Waals surface area (Å²) in [6, 6.07) is 0. The maximum Gasteiger partial charge on any atom is 0.156 e. The van der Waals surface area contributed by atoms with Gasteiger partial charge in [0.05, 0.1) is 11.9 Å². The van der Waals surface area contributed by atoms with E-state index in [1.165, 1.54) is 12.8 Å². The Morgan fingerprint density at radius 2 is 2.55 bits per heavy atom.